The first kappa shape index (κ1) is 13.3. The second-order valence-electron chi connectivity index (χ2n) is 5.64. The maximum absolute atomic E-state index is 12.1. The Labute approximate surface area is 108 Å². The molecule has 1 amide bonds. The van der Waals surface area contributed by atoms with E-state index in [0.29, 0.717) is 12.5 Å². The van der Waals surface area contributed by atoms with E-state index >= 15 is 0 Å². The average molecular weight is 254 g/mol. The molecule has 0 aromatic carbocycles. The molecule has 0 bridgehead atoms. The third-order valence-corrected chi connectivity index (χ3v) is 4.31. The minimum atomic E-state index is -0.617. The Morgan fingerprint density at radius 2 is 1.72 bits per heavy atom. The van der Waals surface area contributed by atoms with Crippen molar-refractivity contribution in [3.8, 4) is 0 Å². The highest BCUT2D eigenvalue weighted by molar-refractivity contribution is 5.82. The van der Waals surface area contributed by atoms with Crippen LogP contribution in [0.5, 0.6) is 0 Å². The highest BCUT2D eigenvalue weighted by Crippen LogP contribution is 2.35. The summed E-state index contributed by atoms with van der Waals surface area (Å²) in [6.45, 7) is 0. The molecule has 2 aliphatic rings. The van der Waals surface area contributed by atoms with Gasteiger partial charge in [0.1, 0.15) is 5.92 Å². The minimum Gasteiger partial charge on any atom is -0.342 e. The Morgan fingerprint density at radius 1 is 1.17 bits per heavy atom. The molecule has 2 rings (SSSR count). The Bertz CT molecular complexity index is 324. The molecule has 0 aliphatic heterocycles. The molecule has 0 aromatic rings. The van der Waals surface area contributed by atoms with Gasteiger partial charge in [0.15, 0.2) is 0 Å². The fourth-order valence-electron chi connectivity index (χ4n) is 2.94. The summed E-state index contributed by atoms with van der Waals surface area (Å²) < 4.78 is 0. The van der Waals surface area contributed by atoms with E-state index in [1.54, 1.807) is 4.90 Å². The van der Waals surface area contributed by atoms with E-state index in [0.717, 1.165) is 12.8 Å². The molecule has 102 valence electrons. The summed E-state index contributed by atoms with van der Waals surface area (Å²) in [5.74, 6) is -0.363. The molecule has 0 N–H and O–H groups in total. The molecule has 0 aromatic heterocycles. The van der Waals surface area contributed by atoms with E-state index in [2.05, 4.69) is 0 Å². The molecular weight excluding hydrogens is 232 g/mol. The molecule has 0 spiro atoms. The van der Waals surface area contributed by atoms with Crippen molar-refractivity contribution in [1.29, 1.82) is 0 Å². The zero-order valence-corrected chi connectivity index (χ0v) is 11.0. The van der Waals surface area contributed by atoms with Gasteiger partial charge in [0.2, 0.25) is 11.9 Å². The van der Waals surface area contributed by atoms with Crippen molar-refractivity contribution in [3.63, 3.8) is 0 Å². The van der Waals surface area contributed by atoms with Crippen LogP contribution < -0.4 is 0 Å². The highest BCUT2D eigenvalue weighted by Gasteiger charge is 2.54. The molecule has 0 saturated heterocycles. The minimum absolute atomic E-state index is 0.0118. The summed E-state index contributed by atoms with van der Waals surface area (Å²) in [4.78, 5) is 24.2. The number of carbonyl (C=O) groups is 1. The van der Waals surface area contributed by atoms with E-state index in [1.807, 2.05) is 7.05 Å². The number of nitro groups is 1. The van der Waals surface area contributed by atoms with E-state index in [1.165, 1.54) is 32.1 Å². The van der Waals surface area contributed by atoms with Crippen molar-refractivity contribution in [2.24, 2.45) is 5.92 Å². The Morgan fingerprint density at radius 3 is 2.22 bits per heavy atom. The van der Waals surface area contributed by atoms with Crippen LogP contribution in [0.4, 0.5) is 0 Å². The predicted octanol–water partition coefficient (Wildman–Crippen LogP) is 2.22. The zero-order valence-electron chi connectivity index (χ0n) is 11.0. The number of carbonyl (C=O) groups excluding carboxylic acids is 1. The first-order valence-corrected chi connectivity index (χ1v) is 7.01. The summed E-state index contributed by atoms with van der Waals surface area (Å²) in [6.07, 6.45) is 8.69. The average Bonchev–Trinajstić information content (AvgIpc) is 3.06. The molecular formula is C13H22N2O3. The quantitative estimate of drug-likeness (QED) is 0.573. The SMILES string of the molecule is CN(C(=O)[C@@H]1C[C@@H]1[N+](=O)[O-])C1CCCCCCC1. The van der Waals surface area contributed by atoms with Crippen LogP contribution in [0.3, 0.4) is 0 Å². The number of amides is 1. The Hall–Kier alpha value is -1.13. The van der Waals surface area contributed by atoms with Crippen LogP contribution in [0.15, 0.2) is 0 Å². The van der Waals surface area contributed by atoms with Gasteiger partial charge in [-0.2, -0.15) is 0 Å². The van der Waals surface area contributed by atoms with E-state index < -0.39 is 6.04 Å². The summed E-state index contributed by atoms with van der Waals surface area (Å²) in [7, 11) is 1.82. The highest BCUT2D eigenvalue weighted by atomic mass is 16.6. The van der Waals surface area contributed by atoms with Crippen LogP contribution in [-0.2, 0) is 4.79 Å². The maximum atomic E-state index is 12.1. The lowest BCUT2D eigenvalue weighted by Crippen LogP contribution is -2.39. The molecule has 5 heteroatoms. The third-order valence-electron chi connectivity index (χ3n) is 4.31. The topological polar surface area (TPSA) is 63.5 Å². The normalized spacial score (nSPS) is 29.2. The lowest BCUT2D eigenvalue weighted by molar-refractivity contribution is -0.497. The van der Waals surface area contributed by atoms with Crippen LogP contribution in [0.2, 0.25) is 0 Å². The number of rotatable bonds is 3. The molecule has 2 aliphatic carbocycles. The van der Waals surface area contributed by atoms with Crippen LogP contribution in [0.1, 0.15) is 51.4 Å². The molecule has 0 heterocycles. The second kappa shape index (κ2) is 5.67. The maximum Gasteiger partial charge on any atom is 0.232 e. The standard InChI is InChI=1S/C13H22N2O3/c1-14(10-7-5-3-2-4-6-8-10)13(16)11-9-12(11)15(17)18/h10-12H,2-9H2,1H3/t11-,12+/m1/s1. The van der Waals surface area contributed by atoms with Crippen LogP contribution in [-0.4, -0.2) is 34.9 Å². The van der Waals surface area contributed by atoms with Gasteiger partial charge >= 0.3 is 0 Å². The predicted molar refractivity (Wildman–Crippen MR) is 67.8 cm³/mol. The summed E-state index contributed by atoms with van der Waals surface area (Å²) >= 11 is 0. The van der Waals surface area contributed by atoms with Gasteiger partial charge in [-0.25, -0.2) is 0 Å². The summed E-state index contributed by atoms with van der Waals surface area (Å²) in [5.41, 5.74) is 0. The molecule has 2 fully saturated rings. The fourth-order valence-corrected chi connectivity index (χ4v) is 2.94. The van der Waals surface area contributed by atoms with Crippen LogP contribution in [0, 0.1) is 16.0 Å². The van der Waals surface area contributed by atoms with Gasteiger partial charge in [-0.15, -0.1) is 0 Å². The van der Waals surface area contributed by atoms with Gasteiger partial charge in [-0.3, -0.25) is 14.9 Å². The molecule has 2 saturated carbocycles. The first-order chi connectivity index (χ1) is 8.61. The number of nitrogens with zero attached hydrogens (tertiary/aromatic N) is 2. The van der Waals surface area contributed by atoms with Crippen molar-refractivity contribution in [1.82, 2.24) is 4.90 Å². The first-order valence-electron chi connectivity index (χ1n) is 7.01. The summed E-state index contributed by atoms with van der Waals surface area (Å²) in [6, 6.07) is -0.320. The van der Waals surface area contributed by atoms with Gasteiger partial charge in [-0.1, -0.05) is 32.1 Å². The largest absolute Gasteiger partial charge is 0.342 e. The van der Waals surface area contributed by atoms with Crippen molar-refractivity contribution in [2.75, 3.05) is 7.05 Å². The third kappa shape index (κ3) is 3.00. The smallest absolute Gasteiger partial charge is 0.232 e. The van der Waals surface area contributed by atoms with Gasteiger partial charge in [0.05, 0.1) is 0 Å². The van der Waals surface area contributed by atoms with E-state index in [4.69, 9.17) is 0 Å². The molecule has 18 heavy (non-hydrogen) atoms. The summed E-state index contributed by atoms with van der Waals surface area (Å²) in [5, 5.41) is 10.6. The van der Waals surface area contributed by atoms with E-state index in [-0.39, 0.29) is 16.7 Å². The van der Waals surface area contributed by atoms with Gasteiger partial charge in [-0.05, 0) is 12.8 Å². The molecule has 2 atom stereocenters. The fraction of sp³-hybridized carbons (Fsp3) is 0.923. The monoisotopic (exact) mass is 254 g/mol. The van der Waals surface area contributed by atoms with Gasteiger partial charge in [0, 0.05) is 24.4 Å². The zero-order chi connectivity index (χ0) is 13.1. The Balaban J connectivity index is 1.87. The Kier molecular flexibility index (Phi) is 4.19. The van der Waals surface area contributed by atoms with E-state index in [9.17, 15) is 14.9 Å². The molecule has 0 radical (unpaired) electrons. The van der Waals surface area contributed by atoms with Gasteiger partial charge < -0.3 is 4.90 Å². The van der Waals surface area contributed by atoms with Crippen molar-refractivity contribution in [3.05, 3.63) is 10.1 Å². The van der Waals surface area contributed by atoms with Crippen molar-refractivity contribution in [2.45, 2.75) is 63.5 Å². The van der Waals surface area contributed by atoms with Crippen molar-refractivity contribution < 1.29 is 9.72 Å². The lowest BCUT2D eigenvalue weighted by atomic mass is 9.95. The van der Waals surface area contributed by atoms with Crippen molar-refractivity contribution >= 4 is 5.91 Å². The van der Waals surface area contributed by atoms with Crippen LogP contribution >= 0.6 is 0 Å². The number of hydrogen-bond donors (Lipinski definition) is 0. The molecule has 5 nitrogen and oxygen atoms in total. The lowest BCUT2D eigenvalue weighted by Gasteiger charge is -2.29. The number of hydrogen-bond acceptors (Lipinski definition) is 3. The molecule has 0 unspecified atom stereocenters. The van der Waals surface area contributed by atoms with Crippen LogP contribution in [0.25, 0.3) is 0 Å². The van der Waals surface area contributed by atoms with Gasteiger partial charge in [0.25, 0.3) is 0 Å². The second-order valence-corrected chi connectivity index (χ2v) is 5.64.